The van der Waals surface area contributed by atoms with Crippen LogP contribution in [-0.2, 0) is 0 Å². The summed E-state index contributed by atoms with van der Waals surface area (Å²) in [5.74, 6) is 1.11. The van der Waals surface area contributed by atoms with E-state index < -0.39 is 0 Å². The Morgan fingerprint density at radius 1 is 1.62 bits per heavy atom. The average Bonchev–Trinajstić information content (AvgIpc) is 2.81. The quantitative estimate of drug-likeness (QED) is 0.529. The molecule has 0 atom stereocenters. The van der Waals surface area contributed by atoms with Crippen molar-refractivity contribution in [3.05, 3.63) is 6.33 Å². The van der Waals surface area contributed by atoms with Crippen LogP contribution in [0.15, 0.2) is 11.5 Å². The first-order chi connectivity index (χ1) is 6.45. The Morgan fingerprint density at radius 3 is 3.23 bits per heavy atom. The molecule has 2 N–H and O–H groups in total. The van der Waals surface area contributed by atoms with Crippen LogP contribution < -0.4 is 5.32 Å². The van der Waals surface area contributed by atoms with Gasteiger partial charge in [-0.05, 0) is 25.8 Å². The zero-order valence-electron chi connectivity index (χ0n) is 7.49. The molecule has 13 heavy (non-hydrogen) atoms. The minimum absolute atomic E-state index is 0.829. The summed E-state index contributed by atoms with van der Waals surface area (Å²) in [5.41, 5.74) is 0. The van der Waals surface area contributed by atoms with E-state index in [2.05, 4.69) is 20.5 Å². The number of nitrogens with one attached hydrogen (secondary N) is 2. The maximum absolute atomic E-state index is 4.04. The highest BCUT2D eigenvalue weighted by atomic mass is 32.2. The molecule has 0 aliphatic heterocycles. The van der Waals surface area contributed by atoms with Gasteiger partial charge in [0.15, 0.2) is 5.16 Å². The lowest BCUT2D eigenvalue weighted by molar-refractivity contribution is 0.674. The minimum Gasteiger partial charge on any atom is -0.314 e. The smallest absolute Gasteiger partial charge is 0.183 e. The van der Waals surface area contributed by atoms with E-state index in [1.165, 1.54) is 19.3 Å². The molecular weight excluding hydrogens is 184 g/mol. The van der Waals surface area contributed by atoms with Crippen molar-refractivity contribution < 1.29 is 0 Å². The van der Waals surface area contributed by atoms with E-state index in [4.69, 9.17) is 0 Å². The highest BCUT2D eigenvalue weighted by Crippen LogP contribution is 2.18. The van der Waals surface area contributed by atoms with Gasteiger partial charge in [0.25, 0.3) is 0 Å². The number of hydrogen-bond donors (Lipinski definition) is 2. The Morgan fingerprint density at radius 2 is 2.54 bits per heavy atom. The molecule has 1 aromatic rings. The highest BCUT2D eigenvalue weighted by Gasteiger charge is 2.19. The molecule has 1 aromatic heterocycles. The van der Waals surface area contributed by atoms with Crippen LogP contribution in [0.4, 0.5) is 0 Å². The Labute approximate surface area is 81.9 Å². The summed E-state index contributed by atoms with van der Waals surface area (Å²) >= 11 is 1.73. The predicted molar refractivity (Wildman–Crippen MR) is 52.7 cm³/mol. The van der Waals surface area contributed by atoms with Crippen LogP contribution in [0.3, 0.4) is 0 Å². The van der Waals surface area contributed by atoms with E-state index in [9.17, 15) is 0 Å². The monoisotopic (exact) mass is 198 g/mol. The summed E-state index contributed by atoms with van der Waals surface area (Å²) in [6.45, 7) is 1.13. The van der Waals surface area contributed by atoms with Gasteiger partial charge in [-0.15, -0.1) is 0 Å². The second kappa shape index (κ2) is 4.62. The molecule has 0 saturated heterocycles. The van der Waals surface area contributed by atoms with Gasteiger partial charge >= 0.3 is 0 Å². The standard InChI is InChI=1S/C8H14N4S/c1(4-9-7-2-3-7)5-13-8-10-6-11-12-8/h6-7,9H,1-5H2,(H,10,11,12). The molecule has 0 bridgehead atoms. The van der Waals surface area contributed by atoms with E-state index in [-0.39, 0.29) is 0 Å². The summed E-state index contributed by atoms with van der Waals surface area (Å²) in [6, 6.07) is 0.829. The van der Waals surface area contributed by atoms with Gasteiger partial charge in [0.1, 0.15) is 6.33 Å². The van der Waals surface area contributed by atoms with Crippen LogP contribution in [0.25, 0.3) is 0 Å². The van der Waals surface area contributed by atoms with E-state index in [1.807, 2.05) is 0 Å². The van der Waals surface area contributed by atoms with Crippen molar-refractivity contribution in [1.82, 2.24) is 20.5 Å². The fraction of sp³-hybridized carbons (Fsp3) is 0.750. The summed E-state index contributed by atoms with van der Waals surface area (Å²) in [5, 5.41) is 11.0. The van der Waals surface area contributed by atoms with Crippen LogP contribution in [0.5, 0.6) is 0 Å². The van der Waals surface area contributed by atoms with Crippen molar-refractivity contribution in [3.8, 4) is 0 Å². The van der Waals surface area contributed by atoms with Gasteiger partial charge in [-0.25, -0.2) is 4.98 Å². The third-order valence-electron chi connectivity index (χ3n) is 1.96. The minimum atomic E-state index is 0.829. The lowest BCUT2D eigenvalue weighted by atomic mass is 10.5. The molecule has 2 rings (SSSR count). The average molecular weight is 198 g/mol. The van der Waals surface area contributed by atoms with Crippen LogP contribution in [-0.4, -0.2) is 33.5 Å². The van der Waals surface area contributed by atoms with Crippen LogP contribution in [0, 0.1) is 0 Å². The normalized spacial score (nSPS) is 16.3. The van der Waals surface area contributed by atoms with Gasteiger partial charge < -0.3 is 5.32 Å². The molecule has 1 saturated carbocycles. The Hall–Kier alpha value is -0.550. The molecule has 72 valence electrons. The van der Waals surface area contributed by atoms with E-state index in [1.54, 1.807) is 18.1 Å². The Kier molecular flexibility index (Phi) is 3.21. The van der Waals surface area contributed by atoms with Crippen LogP contribution in [0.1, 0.15) is 19.3 Å². The first-order valence-electron chi connectivity index (χ1n) is 4.67. The van der Waals surface area contributed by atoms with Crippen molar-refractivity contribution in [2.75, 3.05) is 12.3 Å². The zero-order valence-corrected chi connectivity index (χ0v) is 8.31. The van der Waals surface area contributed by atoms with Crippen molar-refractivity contribution in [2.24, 2.45) is 0 Å². The van der Waals surface area contributed by atoms with Crippen molar-refractivity contribution in [1.29, 1.82) is 0 Å². The highest BCUT2D eigenvalue weighted by molar-refractivity contribution is 7.99. The van der Waals surface area contributed by atoms with Gasteiger partial charge in [0.2, 0.25) is 0 Å². The fourth-order valence-corrected chi connectivity index (χ4v) is 1.82. The zero-order chi connectivity index (χ0) is 8.93. The van der Waals surface area contributed by atoms with Crippen molar-refractivity contribution in [3.63, 3.8) is 0 Å². The lowest BCUT2D eigenvalue weighted by Crippen LogP contribution is -2.17. The molecular formula is C8H14N4S. The van der Waals surface area contributed by atoms with Crippen molar-refractivity contribution in [2.45, 2.75) is 30.5 Å². The summed E-state index contributed by atoms with van der Waals surface area (Å²) in [6.07, 6.45) is 5.48. The molecule has 5 heteroatoms. The first-order valence-corrected chi connectivity index (χ1v) is 5.65. The number of thioether (sulfide) groups is 1. The topological polar surface area (TPSA) is 53.6 Å². The second-order valence-corrected chi connectivity index (χ2v) is 4.30. The SMILES string of the molecule is c1n[nH]c(SCCCNC2CC2)n1. The molecule has 0 amide bonds. The Balaban J connectivity index is 1.48. The maximum Gasteiger partial charge on any atom is 0.183 e. The maximum atomic E-state index is 4.04. The molecule has 1 heterocycles. The molecule has 0 spiro atoms. The molecule has 4 nitrogen and oxygen atoms in total. The van der Waals surface area contributed by atoms with Gasteiger partial charge in [-0.3, -0.25) is 5.10 Å². The van der Waals surface area contributed by atoms with Crippen LogP contribution >= 0.6 is 11.8 Å². The fourth-order valence-electron chi connectivity index (χ4n) is 1.10. The Bertz CT molecular complexity index is 232. The third-order valence-corrected chi connectivity index (χ3v) is 2.93. The molecule has 0 radical (unpaired) electrons. The molecule has 1 fully saturated rings. The third kappa shape index (κ3) is 3.36. The lowest BCUT2D eigenvalue weighted by Gasteiger charge is -2.00. The summed E-state index contributed by atoms with van der Waals surface area (Å²) < 4.78 is 0. The van der Waals surface area contributed by atoms with Gasteiger partial charge in [0.05, 0.1) is 0 Å². The molecule has 1 aliphatic carbocycles. The van der Waals surface area contributed by atoms with Crippen molar-refractivity contribution >= 4 is 11.8 Å². The number of rotatable bonds is 6. The second-order valence-electron chi connectivity index (χ2n) is 3.22. The van der Waals surface area contributed by atoms with Crippen LogP contribution in [0.2, 0.25) is 0 Å². The van der Waals surface area contributed by atoms with Gasteiger partial charge in [-0.2, -0.15) is 5.10 Å². The molecule has 0 unspecified atom stereocenters. The molecule has 1 aliphatic rings. The predicted octanol–water partition coefficient (Wildman–Crippen LogP) is 1.04. The first kappa shape index (κ1) is 9.02. The molecule has 0 aromatic carbocycles. The van der Waals surface area contributed by atoms with Gasteiger partial charge in [-0.1, -0.05) is 11.8 Å². The van der Waals surface area contributed by atoms with Gasteiger partial charge in [0, 0.05) is 11.8 Å². The number of aromatic amines is 1. The summed E-state index contributed by atoms with van der Waals surface area (Å²) in [7, 11) is 0. The van der Waals surface area contributed by atoms with E-state index in [0.717, 1.165) is 23.5 Å². The van der Waals surface area contributed by atoms with E-state index in [0.29, 0.717) is 0 Å². The number of H-pyrrole nitrogens is 1. The largest absolute Gasteiger partial charge is 0.314 e. The van der Waals surface area contributed by atoms with E-state index >= 15 is 0 Å². The summed E-state index contributed by atoms with van der Waals surface area (Å²) in [4.78, 5) is 4.04. The number of nitrogens with zero attached hydrogens (tertiary/aromatic N) is 2. The number of aromatic nitrogens is 3. The number of hydrogen-bond acceptors (Lipinski definition) is 4.